The number of aromatic nitrogens is 3. The average molecular weight is 448 g/mol. The number of halogens is 3. The minimum absolute atomic E-state index is 0.336. The lowest BCUT2D eigenvalue weighted by Gasteiger charge is -2.11. The van der Waals surface area contributed by atoms with Crippen molar-refractivity contribution in [2.24, 2.45) is 0 Å². The molecule has 0 radical (unpaired) electrons. The van der Waals surface area contributed by atoms with Crippen LogP contribution in [0.15, 0.2) is 71.2 Å². The summed E-state index contributed by atoms with van der Waals surface area (Å²) < 4.78 is 46.1. The maximum absolute atomic E-state index is 13.0. The van der Waals surface area contributed by atoms with Crippen molar-refractivity contribution in [3.05, 3.63) is 77.2 Å². The molecule has 0 saturated heterocycles. The van der Waals surface area contributed by atoms with Gasteiger partial charge in [0.15, 0.2) is 11.0 Å². The Morgan fingerprint density at radius 2 is 1.83 bits per heavy atom. The largest absolute Gasteiger partial charge is 0.497 e. The van der Waals surface area contributed by atoms with Gasteiger partial charge in [0.05, 0.1) is 23.2 Å². The Hall–Kier alpha value is -2.78. The molecule has 2 aromatic carbocycles. The van der Waals surface area contributed by atoms with Crippen molar-refractivity contribution in [3.63, 3.8) is 0 Å². The molecule has 4 rings (SSSR count). The Morgan fingerprint density at radius 1 is 1.03 bits per heavy atom. The molecule has 0 aliphatic rings. The van der Waals surface area contributed by atoms with E-state index in [-0.39, 0.29) is 0 Å². The van der Waals surface area contributed by atoms with E-state index in [1.54, 1.807) is 24.5 Å². The number of alkyl halides is 3. The number of hydrogen-bond donors (Lipinski definition) is 0. The van der Waals surface area contributed by atoms with Crippen LogP contribution >= 0.6 is 23.1 Å². The van der Waals surface area contributed by atoms with E-state index >= 15 is 0 Å². The standard InChI is InChI=1S/C21H16F3N3OS2/c1-28-17-9-7-16(8-10-17)27-19(18-6-3-11-29-18)25-26-20(27)30-13-14-4-2-5-15(12-14)21(22,23)24/h2-12H,13H2,1H3. The van der Waals surface area contributed by atoms with E-state index in [2.05, 4.69) is 10.2 Å². The molecule has 0 saturated carbocycles. The van der Waals surface area contributed by atoms with Gasteiger partial charge >= 0.3 is 6.18 Å². The van der Waals surface area contributed by atoms with Gasteiger partial charge < -0.3 is 4.74 Å². The monoisotopic (exact) mass is 447 g/mol. The molecule has 0 fully saturated rings. The van der Waals surface area contributed by atoms with Gasteiger partial charge in [-0.05, 0) is 47.3 Å². The van der Waals surface area contributed by atoms with Crippen LogP contribution < -0.4 is 4.74 Å². The first-order valence-electron chi connectivity index (χ1n) is 8.88. The summed E-state index contributed by atoms with van der Waals surface area (Å²) in [7, 11) is 1.60. The fourth-order valence-corrected chi connectivity index (χ4v) is 4.47. The Kier molecular flexibility index (Phi) is 5.83. The average Bonchev–Trinajstić information content (AvgIpc) is 3.41. The normalized spacial score (nSPS) is 11.6. The van der Waals surface area contributed by atoms with Crippen molar-refractivity contribution in [1.82, 2.24) is 14.8 Å². The summed E-state index contributed by atoms with van der Waals surface area (Å²) >= 11 is 2.88. The smallest absolute Gasteiger partial charge is 0.416 e. The van der Waals surface area contributed by atoms with Crippen molar-refractivity contribution >= 4 is 23.1 Å². The summed E-state index contributed by atoms with van der Waals surface area (Å²) in [6, 6.07) is 16.7. The van der Waals surface area contributed by atoms with Crippen molar-refractivity contribution in [3.8, 4) is 22.1 Å². The number of rotatable bonds is 6. The Bertz CT molecular complexity index is 1120. The molecule has 154 valence electrons. The van der Waals surface area contributed by atoms with E-state index < -0.39 is 11.7 Å². The zero-order chi connectivity index (χ0) is 21.1. The van der Waals surface area contributed by atoms with Crippen LogP contribution in [0.4, 0.5) is 13.2 Å². The molecule has 0 N–H and O–H groups in total. The van der Waals surface area contributed by atoms with Gasteiger partial charge in [0.2, 0.25) is 0 Å². The van der Waals surface area contributed by atoms with Crippen molar-refractivity contribution < 1.29 is 17.9 Å². The fourth-order valence-electron chi connectivity index (χ4n) is 2.88. The first-order chi connectivity index (χ1) is 14.5. The van der Waals surface area contributed by atoms with Crippen LogP contribution in [0.2, 0.25) is 0 Å². The highest BCUT2D eigenvalue weighted by Gasteiger charge is 2.30. The predicted octanol–water partition coefficient (Wildman–Crippen LogP) is 6.32. The summed E-state index contributed by atoms with van der Waals surface area (Å²) in [4.78, 5) is 0.948. The van der Waals surface area contributed by atoms with Crippen LogP contribution in [-0.4, -0.2) is 21.9 Å². The van der Waals surface area contributed by atoms with Gasteiger partial charge in [-0.3, -0.25) is 4.57 Å². The van der Waals surface area contributed by atoms with Crippen molar-refractivity contribution in [2.45, 2.75) is 17.1 Å². The molecule has 30 heavy (non-hydrogen) atoms. The highest BCUT2D eigenvalue weighted by Crippen LogP contribution is 2.34. The SMILES string of the molecule is COc1ccc(-n2c(SCc3cccc(C(F)(F)F)c3)nnc2-c2cccs2)cc1. The zero-order valence-electron chi connectivity index (χ0n) is 15.8. The number of thiophene rings is 1. The quantitative estimate of drug-likeness (QED) is 0.325. The van der Waals surface area contributed by atoms with Crippen LogP contribution in [0.5, 0.6) is 5.75 Å². The first-order valence-corrected chi connectivity index (χ1v) is 10.7. The fraction of sp³-hybridized carbons (Fsp3) is 0.143. The van der Waals surface area contributed by atoms with Gasteiger partial charge in [0, 0.05) is 5.75 Å². The minimum Gasteiger partial charge on any atom is -0.497 e. The summed E-state index contributed by atoms with van der Waals surface area (Å²) in [5.41, 5.74) is 0.754. The van der Waals surface area contributed by atoms with E-state index in [9.17, 15) is 13.2 Å². The molecule has 0 aliphatic heterocycles. The molecular weight excluding hydrogens is 431 g/mol. The molecule has 0 amide bonds. The Balaban J connectivity index is 1.67. The molecule has 9 heteroatoms. The number of benzene rings is 2. The van der Waals surface area contributed by atoms with Gasteiger partial charge in [-0.2, -0.15) is 13.2 Å². The highest BCUT2D eigenvalue weighted by atomic mass is 32.2. The molecule has 0 spiro atoms. The molecule has 0 aliphatic carbocycles. The maximum Gasteiger partial charge on any atom is 0.416 e. The van der Waals surface area contributed by atoms with E-state index in [1.165, 1.54) is 23.9 Å². The van der Waals surface area contributed by atoms with Crippen LogP contribution in [0.3, 0.4) is 0 Å². The lowest BCUT2D eigenvalue weighted by Crippen LogP contribution is -2.05. The summed E-state index contributed by atoms with van der Waals surface area (Å²) in [5, 5.41) is 11.2. The van der Waals surface area contributed by atoms with Gasteiger partial charge in [-0.15, -0.1) is 21.5 Å². The maximum atomic E-state index is 13.0. The van der Waals surface area contributed by atoms with Gasteiger partial charge in [-0.1, -0.05) is 36.0 Å². The molecule has 2 aromatic heterocycles. The van der Waals surface area contributed by atoms with E-state index in [4.69, 9.17) is 4.74 Å². The third-order valence-corrected chi connectivity index (χ3v) is 6.19. The second-order valence-electron chi connectivity index (χ2n) is 6.30. The highest BCUT2D eigenvalue weighted by molar-refractivity contribution is 7.98. The zero-order valence-corrected chi connectivity index (χ0v) is 17.4. The van der Waals surface area contributed by atoms with Gasteiger partial charge in [0.25, 0.3) is 0 Å². The minimum atomic E-state index is -4.36. The van der Waals surface area contributed by atoms with Gasteiger partial charge in [0.1, 0.15) is 5.75 Å². The van der Waals surface area contributed by atoms with Crippen LogP contribution in [0.1, 0.15) is 11.1 Å². The number of ether oxygens (including phenoxy) is 1. The molecule has 0 atom stereocenters. The summed E-state index contributed by atoms with van der Waals surface area (Å²) in [5.74, 6) is 1.74. The first kappa shape index (κ1) is 20.5. The third kappa shape index (κ3) is 4.36. The second kappa shape index (κ2) is 8.53. The van der Waals surface area contributed by atoms with Crippen LogP contribution in [-0.2, 0) is 11.9 Å². The molecule has 0 unspecified atom stereocenters. The Morgan fingerprint density at radius 3 is 2.50 bits per heavy atom. The lowest BCUT2D eigenvalue weighted by atomic mass is 10.1. The number of methoxy groups -OCH3 is 1. The topological polar surface area (TPSA) is 39.9 Å². The van der Waals surface area contributed by atoms with Crippen molar-refractivity contribution in [2.75, 3.05) is 7.11 Å². The number of nitrogens with zero attached hydrogens (tertiary/aromatic N) is 3. The van der Waals surface area contributed by atoms with Crippen LogP contribution in [0.25, 0.3) is 16.4 Å². The Labute approximate surface area is 179 Å². The molecule has 4 nitrogen and oxygen atoms in total. The van der Waals surface area contributed by atoms with E-state index in [0.717, 1.165) is 22.4 Å². The molecule has 2 heterocycles. The van der Waals surface area contributed by atoms with Gasteiger partial charge in [-0.25, -0.2) is 0 Å². The van der Waals surface area contributed by atoms with Crippen molar-refractivity contribution in [1.29, 1.82) is 0 Å². The van der Waals surface area contributed by atoms with E-state index in [1.807, 2.05) is 46.3 Å². The third-order valence-electron chi connectivity index (χ3n) is 4.33. The molecule has 0 bridgehead atoms. The number of thioether (sulfide) groups is 1. The van der Waals surface area contributed by atoms with Crippen LogP contribution in [0, 0.1) is 0 Å². The lowest BCUT2D eigenvalue weighted by molar-refractivity contribution is -0.137. The second-order valence-corrected chi connectivity index (χ2v) is 8.19. The van der Waals surface area contributed by atoms with E-state index in [0.29, 0.717) is 22.3 Å². The molecule has 4 aromatic rings. The number of hydrogen-bond acceptors (Lipinski definition) is 5. The summed E-state index contributed by atoms with van der Waals surface area (Å²) in [6.07, 6.45) is -4.36. The summed E-state index contributed by atoms with van der Waals surface area (Å²) in [6.45, 7) is 0. The predicted molar refractivity (Wildman–Crippen MR) is 112 cm³/mol. The molecular formula is C21H16F3N3OS2.